The Labute approximate surface area is 220 Å². The van der Waals surface area contributed by atoms with Gasteiger partial charge in [-0.05, 0) is 71.6 Å². The summed E-state index contributed by atoms with van der Waals surface area (Å²) in [6.45, 7) is 0. The number of rotatable bonds is 4. The Kier molecular flexibility index (Phi) is 8.34. The molecular weight excluding hydrogens is 591 g/mol. The van der Waals surface area contributed by atoms with E-state index in [-0.39, 0.29) is 0 Å². The summed E-state index contributed by atoms with van der Waals surface area (Å²) in [6.07, 6.45) is 0.849. The molecule has 1 aromatic carbocycles. The minimum Gasteiger partial charge on any atom is -0.143 e. The first-order valence-electron chi connectivity index (χ1n) is 9.05. The Hall–Kier alpha value is -0.630. The average molecular weight is 605 g/mol. The zero-order valence-electron chi connectivity index (χ0n) is 15.8. The third kappa shape index (κ3) is 6.46. The van der Waals surface area contributed by atoms with Crippen molar-refractivity contribution in [1.82, 2.24) is 0 Å². The molecule has 0 spiro atoms. The van der Waals surface area contributed by atoms with Gasteiger partial charge in [0.2, 0.25) is 0 Å². The van der Waals surface area contributed by atoms with Crippen molar-refractivity contribution in [3.63, 3.8) is 0 Å². The van der Waals surface area contributed by atoms with Crippen LogP contribution in [0.2, 0.25) is 13.7 Å². The van der Waals surface area contributed by atoms with Crippen molar-refractivity contribution in [2.45, 2.75) is 6.42 Å². The zero-order valence-corrected chi connectivity index (χ0v) is 22.9. The van der Waals surface area contributed by atoms with Gasteiger partial charge in [0.1, 0.15) is 0 Å². The number of benzene rings is 1. The third-order valence-corrected chi connectivity index (χ3v) is 9.86. The first-order valence-corrected chi connectivity index (χ1v) is 14.3. The smallest absolute Gasteiger partial charge is 0.0935 e. The standard InChI is InChI=1S/C15H9BrCl2S2.C8H5ClS2/c16-10-1-3-12(17)9(7-10)8-11-2-4-13(19-11)14-5-6-15(18)20-14;9-8-4-3-7(11-8)6-2-1-5-10-6/h1-7H,8H2;1-5H. The number of hydrogen-bond acceptors (Lipinski definition) is 4. The lowest BCUT2D eigenvalue weighted by molar-refractivity contribution is 1.24. The van der Waals surface area contributed by atoms with Crippen molar-refractivity contribution in [3.05, 3.63) is 101 Å². The summed E-state index contributed by atoms with van der Waals surface area (Å²) in [5.41, 5.74) is 1.14. The van der Waals surface area contributed by atoms with Gasteiger partial charge in [-0.1, -0.05) is 56.8 Å². The summed E-state index contributed by atoms with van der Waals surface area (Å²) in [6, 6.07) is 22.4. The molecule has 4 heterocycles. The van der Waals surface area contributed by atoms with E-state index >= 15 is 0 Å². The molecule has 4 aromatic heterocycles. The van der Waals surface area contributed by atoms with Crippen LogP contribution >= 0.6 is 96.1 Å². The number of thiophene rings is 4. The van der Waals surface area contributed by atoms with Crippen LogP contribution < -0.4 is 0 Å². The Morgan fingerprint density at radius 1 is 0.677 bits per heavy atom. The Balaban J connectivity index is 0.000000177. The van der Waals surface area contributed by atoms with Crippen LogP contribution in [0, 0.1) is 0 Å². The maximum absolute atomic E-state index is 6.24. The lowest BCUT2D eigenvalue weighted by Gasteiger charge is -2.03. The second-order valence-corrected chi connectivity index (χ2v) is 13.2. The van der Waals surface area contributed by atoms with Gasteiger partial charge in [0.15, 0.2) is 0 Å². The summed E-state index contributed by atoms with van der Waals surface area (Å²) in [4.78, 5) is 6.31. The maximum Gasteiger partial charge on any atom is 0.0935 e. The van der Waals surface area contributed by atoms with E-state index in [0.29, 0.717) is 0 Å². The molecule has 0 fully saturated rings. The van der Waals surface area contributed by atoms with E-state index in [1.807, 2.05) is 30.3 Å². The molecule has 0 aliphatic carbocycles. The van der Waals surface area contributed by atoms with Crippen molar-refractivity contribution >= 4 is 96.1 Å². The average Bonchev–Trinajstić information content (AvgIpc) is 3.52. The Morgan fingerprint density at radius 3 is 1.94 bits per heavy atom. The van der Waals surface area contributed by atoms with Crippen molar-refractivity contribution in [2.75, 3.05) is 0 Å². The molecular formula is C23H14BrCl3S4. The largest absolute Gasteiger partial charge is 0.143 e. The molecule has 0 unspecified atom stereocenters. The highest BCUT2D eigenvalue weighted by molar-refractivity contribution is 9.10. The summed E-state index contributed by atoms with van der Waals surface area (Å²) in [5.74, 6) is 0. The van der Waals surface area contributed by atoms with Crippen LogP contribution in [0.25, 0.3) is 19.5 Å². The lowest BCUT2D eigenvalue weighted by atomic mass is 10.1. The quantitative estimate of drug-likeness (QED) is 0.191. The molecule has 0 saturated carbocycles. The molecule has 8 heteroatoms. The molecule has 0 saturated heterocycles. The first kappa shape index (κ1) is 23.5. The highest BCUT2D eigenvalue weighted by Gasteiger charge is 2.08. The molecule has 31 heavy (non-hydrogen) atoms. The fourth-order valence-electron chi connectivity index (χ4n) is 2.78. The molecule has 5 aromatic rings. The molecule has 5 rings (SSSR count). The predicted molar refractivity (Wildman–Crippen MR) is 147 cm³/mol. The summed E-state index contributed by atoms with van der Waals surface area (Å²) < 4.78 is 2.73. The molecule has 0 aliphatic rings. The number of halogens is 4. The van der Waals surface area contributed by atoms with Gasteiger partial charge in [-0.2, -0.15) is 0 Å². The van der Waals surface area contributed by atoms with Gasteiger partial charge in [0.05, 0.1) is 8.67 Å². The summed E-state index contributed by atoms with van der Waals surface area (Å²) in [5, 5.41) is 2.88. The van der Waals surface area contributed by atoms with Gasteiger partial charge in [0, 0.05) is 40.3 Å². The van der Waals surface area contributed by atoms with Crippen LogP contribution in [0.5, 0.6) is 0 Å². The van der Waals surface area contributed by atoms with E-state index in [2.05, 4.69) is 57.7 Å². The van der Waals surface area contributed by atoms with E-state index in [9.17, 15) is 0 Å². The lowest BCUT2D eigenvalue weighted by Crippen LogP contribution is -1.86. The van der Waals surface area contributed by atoms with Crippen LogP contribution in [0.3, 0.4) is 0 Å². The van der Waals surface area contributed by atoms with Gasteiger partial charge in [-0.3, -0.25) is 0 Å². The van der Waals surface area contributed by atoms with E-state index < -0.39 is 0 Å². The topological polar surface area (TPSA) is 0 Å². The minimum absolute atomic E-state index is 0.808. The van der Waals surface area contributed by atoms with Crippen molar-refractivity contribution < 1.29 is 0 Å². The van der Waals surface area contributed by atoms with Crippen molar-refractivity contribution in [3.8, 4) is 19.5 Å². The van der Waals surface area contributed by atoms with Gasteiger partial charge in [-0.25, -0.2) is 0 Å². The summed E-state index contributed by atoms with van der Waals surface area (Å²) in [7, 11) is 0. The van der Waals surface area contributed by atoms with Gasteiger partial charge in [-0.15, -0.1) is 45.3 Å². The molecule has 0 aliphatic heterocycles. The first-order chi connectivity index (χ1) is 15.0. The fourth-order valence-corrected chi connectivity index (χ4v) is 7.42. The highest BCUT2D eigenvalue weighted by Crippen LogP contribution is 2.37. The minimum atomic E-state index is 0.808. The fraction of sp³-hybridized carbons (Fsp3) is 0.0435. The van der Waals surface area contributed by atoms with Crippen molar-refractivity contribution in [1.29, 1.82) is 0 Å². The monoisotopic (exact) mass is 602 g/mol. The van der Waals surface area contributed by atoms with Crippen molar-refractivity contribution in [2.24, 2.45) is 0 Å². The second kappa shape index (κ2) is 11.0. The normalized spacial score (nSPS) is 10.7. The zero-order chi connectivity index (χ0) is 21.8. The molecule has 0 bridgehead atoms. The van der Waals surface area contributed by atoms with Crippen LogP contribution in [-0.4, -0.2) is 0 Å². The Bertz CT molecular complexity index is 1270. The van der Waals surface area contributed by atoms with Gasteiger partial charge >= 0.3 is 0 Å². The van der Waals surface area contributed by atoms with Crippen LogP contribution in [0.1, 0.15) is 10.4 Å². The molecule has 0 atom stereocenters. The molecule has 158 valence electrons. The summed E-state index contributed by atoms with van der Waals surface area (Å²) >= 11 is 28.3. The maximum atomic E-state index is 6.24. The van der Waals surface area contributed by atoms with Crippen LogP contribution in [0.4, 0.5) is 0 Å². The van der Waals surface area contributed by atoms with E-state index in [4.69, 9.17) is 34.8 Å². The van der Waals surface area contributed by atoms with E-state index in [1.165, 1.54) is 24.4 Å². The second-order valence-electron chi connectivity index (χ2n) is 6.36. The SMILES string of the molecule is Clc1ccc(-c2ccc(Cc3cc(Br)ccc3Cl)s2)s1.Clc1ccc(-c2cccs2)s1. The van der Waals surface area contributed by atoms with Crippen LogP contribution in [0.15, 0.2) is 76.6 Å². The van der Waals surface area contributed by atoms with E-state index in [1.54, 1.807) is 45.3 Å². The molecule has 0 amide bonds. The molecule has 0 nitrogen and oxygen atoms in total. The predicted octanol–water partition coefficient (Wildman–Crippen LogP) is 11.3. The Morgan fingerprint density at radius 2 is 1.32 bits per heavy atom. The molecule has 0 N–H and O–H groups in total. The number of hydrogen-bond donors (Lipinski definition) is 0. The van der Waals surface area contributed by atoms with Crippen LogP contribution in [-0.2, 0) is 6.42 Å². The third-order valence-electron chi connectivity index (χ3n) is 4.19. The highest BCUT2D eigenvalue weighted by atomic mass is 79.9. The van der Waals surface area contributed by atoms with E-state index in [0.717, 1.165) is 30.2 Å². The van der Waals surface area contributed by atoms with Gasteiger partial charge < -0.3 is 0 Å². The molecule has 0 radical (unpaired) electrons. The van der Waals surface area contributed by atoms with Gasteiger partial charge in [0.25, 0.3) is 0 Å².